The predicted molar refractivity (Wildman–Crippen MR) is 179 cm³/mol. The van der Waals surface area contributed by atoms with Gasteiger partial charge in [-0.2, -0.15) is 5.26 Å². The molecule has 10 heteroatoms. The summed E-state index contributed by atoms with van der Waals surface area (Å²) in [6.45, 7) is 7.55. The number of pyridine rings is 1. The zero-order chi connectivity index (χ0) is 32.4. The lowest BCUT2D eigenvalue weighted by atomic mass is 9.92. The summed E-state index contributed by atoms with van der Waals surface area (Å²) in [7, 11) is 0. The number of aromatic nitrogens is 2. The predicted octanol–water partition coefficient (Wildman–Crippen LogP) is 8.05. The number of hydrogen-bond acceptors (Lipinski definition) is 5. The number of benzene rings is 2. The van der Waals surface area contributed by atoms with E-state index >= 15 is 4.39 Å². The van der Waals surface area contributed by atoms with E-state index in [1.165, 1.54) is 0 Å². The standard InChI is InChI=1S/C36H38Cl2FN5O2/c1-18-16-41-17-29(18)44-28(27-12-9-19(2)43(27)36(46)21-10-11-21)15-25-33(20(3)45)42-34-24(35(25)44)14-22(6-5-13-40)30(32(34)39)23-7-4-8-26(37)31(23)38/h4,7-8,14-15,18-21,27,29,41,45H,5-6,9-12,16-17H2,1-3H3/t18-,19?,20?,27?,29?/m1/s1. The number of nitrogens with zero attached hydrogens (tertiary/aromatic N) is 4. The molecule has 2 aromatic heterocycles. The van der Waals surface area contributed by atoms with E-state index in [0.717, 1.165) is 55.4 Å². The number of aliphatic hydroxyl groups is 1. The number of carbonyl (C=O) groups excluding carboxylic acids is 1. The minimum Gasteiger partial charge on any atom is -0.387 e. The van der Waals surface area contributed by atoms with Crippen LogP contribution in [-0.2, 0) is 11.2 Å². The highest BCUT2D eigenvalue weighted by Gasteiger charge is 2.44. The van der Waals surface area contributed by atoms with E-state index in [2.05, 4.69) is 40.8 Å². The molecule has 4 aromatic rings. The quantitative estimate of drug-likeness (QED) is 0.209. The molecule has 0 radical (unpaired) electrons. The second-order valence-electron chi connectivity index (χ2n) is 13.4. The highest BCUT2D eigenvalue weighted by Crippen LogP contribution is 2.48. The number of hydrogen-bond donors (Lipinski definition) is 2. The minimum atomic E-state index is -0.975. The molecule has 240 valence electrons. The van der Waals surface area contributed by atoms with Gasteiger partial charge in [-0.1, -0.05) is 42.3 Å². The van der Waals surface area contributed by atoms with Crippen molar-refractivity contribution in [2.24, 2.45) is 11.8 Å². The monoisotopic (exact) mass is 661 g/mol. The Morgan fingerprint density at radius 1 is 1.17 bits per heavy atom. The van der Waals surface area contributed by atoms with Crippen molar-refractivity contribution < 1.29 is 14.3 Å². The molecule has 46 heavy (non-hydrogen) atoms. The number of aryl methyl sites for hydroxylation is 1. The van der Waals surface area contributed by atoms with Crippen molar-refractivity contribution in [1.82, 2.24) is 19.8 Å². The summed E-state index contributed by atoms with van der Waals surface area (Å²) in [5.41, 5.74) is 3.65. The van der Waals surface area contributed by atoms with Crippen molar-refractivity contribution in [1.29, 1.82) is 5.26 Å². The molecule has 0 bridgehead atoms. The average molecular weight is 663 g/mol. The second-order valence-corrected chi connectivity index (χ2v) is 14.2. The van der Waals surface area contributed by atoms with E-state index in [9.17, 15) is 15.2 Å². The number of amides is 1. The Hall–Kier alpha value is -3.22. The number of carbonyl (C=O) groups is 1. The number of likely N-dealkylation sites (tertiary alicyclic amines) is 1. The Labute approximate surface area is 278 Å². The summed E-state index contributed by atoms with van der Waals surface area (Å²) in [4.78, 5) is 20.6. The molecule has 4 heterocycles. The van der Waals surface area contributed by atoms with E-state index < -0.39 is 11.9 Å². The molecule has 1 amide bonds. The highest BCUT2D eigenvalue weighted by molar-refractivity contribution is 6.43. The Morgan fingerprint density at radius 2 is 1.96 bits per heavy atom. The van der Waals surface area contributed by atoms with Crippen LogP contribution in [0.4, 0.5) is 4.39 Å². The van der Waals surface area contributed by atoms with Gasteiger partial charge < -0.3 is 19.9 Å². The Bertz CT molecular complexity index is 1910. The van der Waals surface area contributed by atoms with Gasteiger partial charge in [0.2, 0.25) is 5.91 Å². The Morgan fingerprint density at radius 3 is 2.63 bits per heavy atom. The van der Waals surface area contributed by atoms with Gasteiger partial charge in [-0.05, 0) is 82.2 Å². The van der Waals surface area contributed by atoms with Gasteiger partial charge in [-0.3, -0.25) is 4.79 Å². The first-order valence-electron chi connectivity index (χ1n) is 16.3. The van der Waals surface area contributed by atoms with Crippen molar-refractivity contribution in [3.8, 4) is 17.2 Å². The summed E-state index contributed by atoms with van der Waals surface area (Å²) in [5, 5.41) is 26.1. The van der Waals surface area contributed by atoms with Crippen molar-refractivity contribution in [3.05, 3.63) is 63.1 Å². The van der Waals surface area contributed by atoms with Gasteiger partial charge >= 0.3 is 0 Å². The lowest BCUT2D eigenvalue weighted by Crippen LogP contribution is -2.38. The van der Waals surface area contributed by atoms with E-state index in [1.807, 2.05) is 6.07 Å². The number of nitrogens with one attached hydrogen (secondary N) is 1. The fourth-order valence-corrected chi connectivity index (χ4v) is 8.21. The van der Waals surface area contributed by atoms with Gasteiger partial charge in [0, 0.05) is 52.5 Å². The van der Waals surface area contributed by atoms with E-state index in [1.54, 1.807) is 25.1 Å². The topological polar surface area (TPSA) is 94.2 Å². The van der Waals surface area contributed by atoms with Crippen LogP contribution < -0.4 is 5.32 Å². The van der Waals surface area contributed by atoms with Crippen molar-refractivity contribution in [2.75, 3.05) is 13.1 Å². The molecule has 2 aromatic carbocycles. The van der Waals surface area contributed by atoms with Crippen LogP contribution in [-0.4, -0.2) is 44.6 Å². The van der Waals surface area contributed by atoms with Crippen LogP contribution in [0.25, 0.3) is 32.9 Å². The molecule has 7 rings (SSSR count). The smallest absolute Gasteiger partial charge is 0.226 e. The SMILES string of the molecule is CC(O)c1nc2c(F)c(-c3cccc(Cl)c3Cl)c(CCC#N)cc2c2c1cc(C1CCC(C)N1C(=O)C1CC1)n2C1CNC[C@H]1C. The normalized spacial score (nSPS) is 23.8. The summed E-state index contributed by atoms with van der Waals surface area (Å²) < 4.78 is 19.5. The summed E-state index contributed by atoms with van der Waals surface area (Å²) >= 11 is 13.0. The molecule has 7 nitrogen and oxygen atoms in total. The molecule has 4 unspecified atom stereocenters. The first-order chi connectivity index (χ1) is 22.1. The van der Waals surface area contributed by atoms with E-state index in [0.29, 0.717) is 33.7 Å². The largest absolute Gasteiger partial charge is 0.387 e. The zero-order valence-corrected chi connectivity index (χ0v) is 27.8. The lowest BCUT2D eigenvalue weighted by Gasteiger charge is -2.32. The van der Waals surface area contributed by atoms with Gasteiger partial charge in [0.15, 0.2) is 5.82 Å². The fraction of sp³-hybridized carbons (Fsp3) is 0.472. The zero-order valence-electron chi connectivity index (χ0n) is 26.3. The average Bonchev–Trinajstić information content (AvgIpc) is 3.52. The lowest BCUT2D eigenvalue weighted by molar-refractivity contribution is -0.135. The van der Waals surface area contributed by atoms with Gasteiger partial charge in [0.25, 0.3) is 0 Å². The number of fused-ring (bicyclic) bond motifs is 3. The van der Waals surface area contributed by atoms with Gasteiger partial charge in [0.1, 0.15) is 5.52 Å². The number of rotatable bonds is 7. The third kappa shape index (κ3) is 5.07. The highest BCUT2D eigenvalue weighted by atomic mass is 35.5. The molecule has 5 atom stereocenters. The van der Waals surface area contributed by atoms with Crippen LogP contribution in [0.5, 0.6) is 0 Å². The van der Waals surface area contributed by atoms with Crippen LogP contribution in [0.15, 0.2) is 30.3 Å². The molecule has 3 aliphatic rings. The van der Waals surface area contributed by atoms with Crippen LogP contribution in [0.1, 0.15) is 88.0 Å². The maximum Gasteiger partial charge on any atom is 0.226 e. The minimum absolute atomic E-state index is 0.0430. The molecule has 1 aliphatic carbocycles. The van der Waals surface area contributed by atoms with Gasteiger partial charge in [0.05, 0.1) is 45.5 Å². The molecule has 2 saturated heterocycles. The first-order valence-corrected chi connectivity index (χ1v) is 17.1. The van der Waals surface area contributed by atoms with Gasteiger partial charge in [-0.25, -0.2) is 9.37 Å². The second kappa shape index (κ2) is 12.1. The van der Waals surface area contributed by atoms with Crippen molar-refractivity contribution in [2.45, 2.75) is 83.5 Å². The number of nitriles is 1. The summed E-state index contributed by atoms with van der Waals surface area (Å²) in [6.07, 6.45) is 3.13. The molecule has 3 fully saturated rings. The van der Waals surface area contributed by atoms with Crippen LogP contribution in [0.2, 0.25) is 10.0 Å². The van der Waals surface area contributed by atoms with Crippen LogP contribution in [0.3, 0.4) is 0 Å². The van der Waals surface area contributed by atoms with Gasteiger partial charge in [-0.15, -0.1) is 0 Å². The van der Waals surface area contributed by atoms with Crippen LogP contribution >= 0.6 is 23.2 Å². The molecule has 2 N–H and O–H groups in total. The molecule has 2 aliphatic heterocycles. The Balaban J connectivity index is 1.57. The third-order valence-corrected chi connectivity index (χ3v) is 11.1. The molecular formula is C36H38Cl2FN5O2. The van der Waals surface area contributed by atoms with E-state index in [-0.39, 0.29) is 58.4 Å². The first kappa shape index (κ1) is 31.4. The van der Waals surface area contributed by atoms with Crippen LogP contribution in [0, 0.1) is 29.0 Å². The summed E-state index contributed by atoms with van der Waals surface area (Å²) in [6, 6.07) is 11.4. The molecule has 1 saturated carbocycles. The maximum absolute atomic E-state index is 17.1. The molecule has 0 spiro atoms. The number of halogens is 3. The van der Waals surface area contributed by atoms with Crippen molar-refractivity contribution in [3.63, 3.8) is 0 Å². The maximum atomic E-state index is 17.1. The van der Waals surface area contributed by atoms with E-state index in [4.69, 9.17) is 28.2 Å². The summed E-state index contributed by atoms with van der Waals surface area (Å²) in [5.74, 6) is 0.0183. The number of aliphatic hydroxyl groups excluding tert-OH is 1. The molecular weight excluding hydrogens is 624 g/mol. The third-order valence-electron chi connectivity index (χ3n) is 10.3. The Kier molecular flexibility index (Phi) is 8.25. The fourth-order valence-electron chi connectivity index (χ4n) is 7.81. The van der Waals surface area contributed by atoms with Crippen molar-refractivity contribution >= 4 is 50.9 Å².